The van der Waals surface area contributed by atoms with Gasteiger partial charge in [-0.15, -0.1) is 0 Å². The van der Waals surface area contributed by atoms with Crippen molar-refractivity contribution in [3.63, 3.8) is 0 Å². The Labute approximate surface area is 146 Å². The zero-order chi connectivity index (χ0) is 15.9. The van der Waals surface area contributed by atoms with Crippen LogP contribution in [-0.4, -0.2) is 16.9 Å². The monoisotopic (exact) mass is 398 g/mol. The zero-order valence-electron chi connectivity index (χ0n) is 12.0. The van der Waals surface area contributed by atoms with Crippen LogP contribution >= 0.6 is 39.1 Å². The molecule has 0 spiro atoms. The van der Waals surface area contributed by atoms with Gasteiger partial charge in [-0.2, -0.15) is 5.10 Å². The van der Waals surface area contributed by atoms with E-state index in [1.807, 2.05) is 41.9 Å². The molecule has 0 N–H and O–H groups in total. The largest absolute Gasteiger partial charge is 0.496 e. The zero-order valence-corrected chi connectivity index (χ0v) is 15.1. The maximum atomic E-state index is 6.26. The van der Waals surface area contributed by atoms with Crippen molar-refractivity contribution in [2.24, 2.45) is 0 Å². The molecular weight excluding hydrogens is 387 g/mol. The molecule has 0 aliphatic heterocycles. The lowest BCUT2D eigenvalue weighted by Crippen LogP contribution is -2.03. The summed E-state index contributed by atoms with van der Waals surface area (Å²) in [6, 6.07) is 9.48. The van der Waals surface area contributed by atoms with Gasteiger partial charge in [0.1, 0.15) is 5.75 Å². The summed E-state index contributed by atoms with van der Waals surface area (Å²) in [6.45, 7) is 2.49. The number of benzene rings is 2. The average molecular weight is 400 g/mol. The molecule has 0 fully saturated rings. The second-order valence-corrected chi connectivity index (χ2v) is 6.62. The number of aromatic nitrogens is 2. The number of methoxy groups -OCH3 is 1. The number of fused-ring (bicyclic) bond motifs is 1. The van der Waals surface area contributed by atoms with E-state index in [-0.39, 0.29) is 0 Å². The molecular formula is C16H13BrCl2N2O. The fourth-order valence-corrected chi connectivity index (χ4v) is 3.46. The fourth-order valence-electron chi connectivity index (χ4n) is 2.45. The van der Waals surface area contributed by atoms with Crippen LogP contribution in [0.2, 0.25) is 10.0 Å². The van der Waals surface area contributed by atoms with E-state index in [4.69, 9.17) is 27.9 Å². The van der Waals surface area contributed by atoms with Gasteiger partial charge in [-0.05, 0) is 47.1 Å². The molecule has 114 valence electrons. The van der Waals surface area contributed by atoms with Gasteiger partial charge in [0.15, 0.2) is 0 Å². The van der Waals surface area contributed by atoms with E-state index in [1.54, 1.807) is 7.11 Å². The molecule has 0 saturated heterocycles. The first kappa shape index (κ1) is 15.7. The van der Waals surface area contributed by atoms with Crippen molar-refractivity contribution in [1.29, 1.82) is 0 Å². The molecule has 0 bridgehead atoms. The first-order chi connectivity index (χ1) is 10.5. The smallest absolute Gasteiger partial charge is 0.133 e. The van der Waals surface area contributed by atoms with Crippen molar-refractivity contribution in [3.8, 4) is 5.75 Å². The van der Waals surface area contributed by atoms with Gasteiger partial charge in [-0.1, -0.05) is 29.3 Å². The topological polar surface area (TPSA) is 27.1 Å². The Balaban J connectivity index is 2.14. The highest BCUT2D eigenvalue weighted by atomic mass is 79.9. The Kier molecular flexibility index (Phi) is 4.35. The first-order valence-electron chi connectivity index (χ1n) is 6.65. The van der Waals surface area contributed by atoms with Crippen molar-refractivity contribution >= 4 is 50.0 Å². The maximum Gasteiger partial charge on any atom is 0.133 e. The quantitative estimate of drug-likeness (QED) is 0.583. The molecule has 0 atom stereocenters. The first-order valence-corrected chi connectivity index (χ1v) is 8.19. The van der Waals surface area contributed by atoms with E-state index >= 15 is 0 Å². The Bertz CT molecular complexity index is 841. The minimum Gasteiger partial charge on any atom is -0.496 e. The lowest BCUT2D eigenvalue weighted by molar-refractivity contribution is 0.413. The van der Waals surface area contributed by atoms with Crippen molar-refractivity contribution in [3.05, 3.63) is 56.1 Å². The SMILES string of the molecule is COc1cc2c(C)nn(Cc3c(Cl)cccc3Cl)c2cc1Br. The van der Waals surface area contributed by atoms with Gasteiger partial charge in [0, 0.05) is 21.0 Å². The number of aryl methyl sites for hydroxylation is 1. The van der Waals surface area contributed by atoms with Crippen LogP contribution in [0.25, 0.3) is 10.9 Å². The van der Waals surface area contributed by atoms with Gasteiger partial charge < -0.3 is 4.74 Å². The molecule has 3 rings (SSSR count). The third kappa shape index (κ3) is 2.71. The molecule has 6 heteroatoms. The van der Waals surface area contributed by atoms with E-state index in [9.17, 15) is 0 Å². The summed E-state index contributed by atoms with van der Waals surface area (Å²) < 4.78 is 8.14. The molecule has 0 aliphatic rings. The molecule has 0 radical (unpaired) electrons. The van der Waals surface area contributed by atoms with E-state index < -0.39 is 0 Å². The standard InChI is InChI=1S/C16H13BrCl2N2O/c1-9-10-6-16(22-2)12(17)7-15(10)21(20-9)8-11-13(18)4-3-5-14(11)19/h3-7H,8H2,1-2H3. The predicted octanol–water partition coefficient (Wildman–Crippen LogP) is 5.47. The van der Waals surface area contributed by atoms with Crippen LogP contribution in [0, 0.1) is 6.92 Å². The molecule has 1 aromatic heterocycles. The minimum atomic E-state index is 0.515. The Hall–Kier alpha value is -1.23. The lowest BCUT2D eigenvalue weighted by atomic mass is 10.2. The number of ether oxygens (including phenoxy) is 1. The predicted molar refractivity (Wildman–Crippen MR) is 94.3 cm³/mol. The second kappa shape index (κ2) is 6.11. The lowest BCUT2D eigenvalue weighted by Gasteiger charge is -2.09. The van der Waals surface area contributed by atoms with Gasteiger partial charge in [0.25, 0.3) is 0 Å². The van der Waals surface area contributed by atoms with Crippen molar-refractivity contribution in [1.82, 2.24) is 9.78 Å². The summed E-state index contributed by atoms with van der Waals surface area (Å²) in [7, 11) is 1.65. The summed E-state index contributed by atoms with van der Waals surface area (Å²) in [5.41, 5.74) is 2.80. The number of hydrogen-bond acceptors (Lipinski definition) is 2. The van der Waals surface area contributed by atoms with E-state index in [0.29, 0.717) is 16.6 Å². The van der Waals surface area contributed by atoms with E-state index in [2.05, 4.69) is 21.0 Å². The molecule has 2 aromatic carbocycles. The third-order valence-corrected chi connectivity index (χ3v) is 4.91. The highest BCUT2D eigenvalue weighted by Gasteiger charge is 2.14. The van der Waals surface area contributed by atoms with Crippen LogP contribution < -0.4 is 4.74 Å². The van der Waals surface area contributed by atoms with Crippen molar-refractivity contribution in [2.75, 3.05) is 7.11 Å². The molecule has 1 heterocycles. The van der Waals surface area contributed by atoms with Gasteiger partial charge in [-0.25, -0.2) is 0 Å². The van der Waals surface area contributed by atoms with Crippen LogP contribution in [0.5, 0.6) is 5.75 Å². The fraction of sp³-hybridized carbons (Fsp3) is 0.188. The summed E-state index contributed by atoms with van der Waals surface area (Å²) in [5.74, 6) is 0.783. The van der Waals surface area contributed by atoms with Gasteiger partial charge in [0.05, 0.1) is 29.3 Å². The normalized spacial score (nSPS) is 11.1. The number of halogens is 3. The van der Waals surface area contributed by atoms with Crippen LogP contribution in [0.15, 0.2) is 34.8 Å². The minimum absolute atomic E-state index is 0.515. The molecule has 0 aliphatic carbocycles. The summed E-state index contributed by atoms with van der Waals surface area (Å²) in [4.78, 5) is 0. The van der Waals surface area contributed by atoms with Gasteiger partial charge in [-0.3, -0.25) is 4.68 Å². The summed E-state index contributed by atoms with van der Waals surface area (Å²) in [5, 5.41) is 6.93. The summed E-state index contributed by atoms with van der Waals surface area (Å²) >= 11 is 16.0. The van der Waals surface area contributed by atoms with Gasteiger partial charge in [0.2, 0.25) is 0 Å². The molecule has 22 heavy (non-hydrogen) atoms. The van der Waals surface area contributed by atoms with E-state index in [1.165, 1.54) is 0 Å². The van der Waals surface area contributed by atoms with Crippen LogP contribution in [0.4, 0.5) is 0 Å². The molecule has 3 nitrogen and oxygen atoms in total. The van der Waals surface area contributed by atoms with Crippen LogP contribution in [-0.2, 0) is 6.54 Å². The van der Waals surface area contributed by atoms with Crippen LogP contribution in [0.1, 0.15) is 11.3 Å². The number of rotatable bonds is 3. The molecule has 0 saturated carbocycles. The van der Waals surface area contributed by atoms with E-state index in [0.717, 1.165) is 32.4 Å². The Morgan fingerprint density at radius 3 is 2.55 bits per heavy atom. The number of hydrogen-bond donors (Lipinski definition) is 0. The van der Waals surface area contributed by atoms with Crippen LogP contribution in [0.3, 0.4) is 0 Å². The summed E-state index contributed by atoms with van der Waals surface area (Å²) in [6.07, 6.45) is 0. The van der Waals surface area contributed by atoms with Gasteiger partial charge >= 0.3 is 0 Å². The highest BCUT2D eigenvalue weighted by Crippen LogP contribution is 2.33. The molecule has 0 amide bonds. The molecule has 3 aromatic rings. The Morgan fingerprint density at radius 2 is 1.91 bits per heavy atom. The Morgan fingerprint density at radius 1 is 1.23 bits per heavy atom. The average Bonchev–Trinajstić information content (AvgIpc) is 2.78. The highest BCUT2D eigenvalue weighted by molar-refractivity contribution is 9.10. The second-order valence-electron chi connectivity index (χ2n) is 4.95. The van der Waals surface area contributed by atoms with Crippen molar-refractivity contribution < 1.29 is 4.74 Å². The third-order valence-electron chi connectivity index (χ3n) is 3.58. The maximum absolute atomic E-state index is 6.26. The molecule has 0 unspecified atom stereocenters. The number of nitrogens with zero attached hydrogens (tertiary/aromatic N) is 2. The van der Waals surface area contributed by atoms with Crippen molar-refractivity contribution in [2.45, 2.75) is 13.5 Å².